The summed E-state index contributed by atoms with van der Waals surface area (Å²) >= 11 is 0. The highest BCUT2D eigenvalue weighted by molar-refractivity contribution is 5.87. The van der Waals surface area contributed by atoms with Crippen molar-refractivity contribution in [2.75, 3.05) is 32.8 Å². The summed E-state index contributed by atoms with van der Waals surface area (Å²) in [4.78, 5) is 40.0. The van der Waals surface area contributed by atoms with Gasteiger partial charge in [0.2, 0.25) is 11.8 Å². The van der Waals surface area contributed by atoms with Crippen molar-refractivity contribution in [2.45, 2.75) is 25.2 Å². The lowest BCUT2D eigenvalue weighted by atomic mass is 9.73. The highest BCUT2D eigenvalue weighted by atomic mass is 16.5. The lowest BCUT2D eigenvalue weighted by molar-refractivity contribution is -0.152. The third kappa shape index (κ3) is 2.62. The number of piperidine rings is 1. The molecule has 2 saturated heterocycles. The molecule has 1 aromatic rings. The Balaban J connectivity index is 1.56. The molecule has 1 aromatic carbocycles. The van der Waals surface area contributed by atoms with Gasteiger partial charge in [-0.3, -0.25) is 14.4 Å². The monoisotopic (exact) mass is 358 g/mol. The van der Waals surface area contributed by atoms with E-state index in [1.165, 1.54) is 0 Å². The van der Waals surface area contributed by atoms with E-state index in [4.69, 9.17) is 4.74 Å². The second kappa shape index (κ2) is 6.30. The van der Waals surface area contributed by atoms with E-state index >= 15 is 0 Å². The number of hydrogen-bond donors (Lipinski definition) is 1. The summed E-state index contributed by atoms with van der Waals surface area (Å²) in [5.74, 6) is -0.738. The van der Waals surface area contributed by atoms with E-state index in [1.807, 2.05) is 24.3 Å². The Labute approximate surface area is 151 Å². The van der Waals surface area contributed by atoms with Gasteiger partial charge in [-0.15, -0.1) is 0 Å². The molecule has 0 aromatic heterocycles. The zero-order valence-corrected chi connectivity index (χ0v) is 14.5. The average Bonchev–Trinajstić information content (AvgIpc) is 3.05. The number of amides is 2. The number of fused-ring (bicyclic) bond motifs is 3. The van der Waals surface area contributed by atoms with Crippen molar-refractivity contribution in [3.63, 3.8) is 0 Å². The molecular weight excluding hydrogens is 336 g/mol. The maximum absolute atomic E-state index is 12.8. The highest BCUT2D eigenvalue weighted by Gasteiger charge is 2.57. The minimum atomic E-state index is -1.13. The standard InChI is InChI=1S/C19H22N2O5/c22-16-7-3-4-8-20(16)10-17(23)21-9-14-13-5-1-2-6-15(13)26-12-19(14,11-21)18(24)25/h1-2,5-6,14H,3-4,7-12H2,(H,24,25)/t14-,19-/m1/s1. The number of carboxylic acid groups (broad SMARTS) is 1. The molecule has 3 heterocycles. The van der Waals surface area contributed by atoms with Crippen molar-refractivity contribution in [3.8, 4) is 5.75 Å². The molecule has 0 saturated carbocycles. The number of carbonyl (C=O) groups is 3. The van der Waals surface area contributed by atoms with E-state index in [2.05, 4.69) is 0 Å². The predicted octanol–water partition coefficient (Wildman–Crippen LogP) is 1.09. The van der Waals surface area contributed by atoms with Crippen LogP contribution >= 0.6 is 0 Å². The van der Waals surface area contributed by atoms with Crippen molar-refractivity contribution in [3.05, 3.63) is 29.8 Å². The Kier molecular flexibility index (Phi) is 4.09. The van der Waals surface area contributed by atoms with Crippen molar-refractivity contribution in [2.24, 2.45) is 5.41 Å². The van der Waals surface area contributed by atoms with E-state index in [0.29, 0.717) is 25.3 Å². The van der Waals surface area contributed by atoms with Crippen molar-refractivity contribution in [1.82, 2.24) is 9.80 Å². The molecule has 3 aliphatic heterocycles. The van der Waals surface area contributed by atoms with Crippen LogP contribution in [-0.2, 0) is 14.4 Å². The summed E-state index contributed by atoms with van der Waals surface area (Å²) in [6.07, 6.45) is 2.25. The smallest absolute Gasteiger partial charge is 0.315 e. The first-order valence-corrected chi connectivity index (χ1v) is 9.02. The Bertz CT molecular complexity index is 764. The normalized spacial score (nSPS) is 27.5. The van der Waals surface area contributed by atoms with Gasteiger partial charge in [-0.2, -0.15) is 0 Å². The van der Waals surface area contributed by atoms with Gasteiger partial charge in [0.15, 0.2) is 0 Å². The van der Waals surface area contributed by atoms with E-state index < -0.39 is 11.4 Å². The van der Waals surface area contributed by atoms with E-state index in [-0.39, 0.29) is 37.4 Å². The second-order valence-electron chi connectivity index (χ2n) is 7.39. The maximum Gasteiger partial charge on any atom is 0.315 e. The third-order valence-corrected chi connectivity index (χ3v) is 5.85. The van der Waals surface area contributed by atoms with Crippen LogP contribution in [0.15, 0.2) is 24.3 Å². The molecular formula is C19H22N2O5. The summed E-state index contributed by atoms with van der Waals surface area (Å²) in [5, 5.41) is 9.91. The van der Waals surface area contributed by atoms with E-state index in [1.54, 1.807) is 9.80 Å². The summed E-state index contributed by atoms with van der Waals surface area (Å²) in [6, 6.07) is 7.42. The minimum Gasteiger partial charge on any atom is -0.492 e. The van der Waals surface area contributed by atoms with Gasteiger partial charge in [-0.25, -0.2) is 0 Å². The SMILES string of the molecule is O=C1CCCCN1CC(=O)N1C[C@@H]2c3ccccc3OC[C@]2(C(=O)O)C1. The summed E-state index contributed by atoms with van der Waals surface area (Å²) in [7, 11) is 0. The van der Waals surface area contributed by atoms with Gasteiger partial charge in [0.1, 0.15) is 17.8 Å². The first-order valence-electron chi connectivity index (χ1n) is 9.02. The molecule has 0 bridgehead atoms. The number of nitrogens with zero attached hydrogens (tertiary/aromatic N) is 2. The Morgan fingerprint density at radius 2 is 2.08 bits per heavy atom. The van der Waals surface area contributed by atoms with E-state index in [9.17, 15) is 19.5 Å². The summed E-state index contributed by atoms with van der Waals surface area (Å²) in [6.45, 7) is 1.13. The highest BCUT2D eigenvalue weighted by Crippen LogP contribution is 2.49. The van der Waals surface area contributed by atoms with Crippen LogP contribution in [0.5, 0.6) is 5.75 Å². The summed E-state index contributed by atoms with van der Waals surface area (Å²) in [5.41, 5.74) is -0.291. The van der Waals surface area contributed by atoms with Crippen LogP contribution in [0.1, 0.15) is 30.7 Å². The largest absolute Gasteiger partial charge is 0.492 e. The molecule has 2 fully saturated rings. The Morgan fingerprint density at radius 3 is 2.85 bits per heavy atom. The van der Waals surface area contributed by atoms with Gasteiger partial charge < -0.3 is 19.6 Å². The molecule has 7 heteroatoms. The first-order chi connectivity index (χ1) is 12.5. The zero-order chi connectivity index (χ0) is 18.3. The number of carbonyl (C=O) groups excluding carboxylic acids is 2. The molecule has 0 radical (unpaired) electrons. The topological polar surface area (TPSA) is 87.2 Å². The molecule has 7 nitrogen and oxygen atoms in total. The van der Waals surface area contributed by atoms with Crippen LogP contribution in [0.4, 0.5) is 0 Å². The van der Waals surface area contributed by atoms with E-state index in [0.717, 1.165) is 18.4 Å². The first kappa shape index (κ1) is 16.9. The van der Waals surface area contributed by atoms with Crippen LogP contribution < -0.4 is 4.74 Å². The van der Waals surface area contributed by atoms with Gasteiger partial charge in [-0.05, 0) is 18.9 Å². The van der Waals surface area contributed by atoms with Crippen LogP contribution in [-0.4, -0.2) is 65.5 Å². The minimum absolute atomic E-state index is 0.00263. The van der Waals surface area contributed by atoms with Crippen LogP contribution in [0.2, 0.25) is 0 Å². The molecule has 0 unspecified atom stereocenters. The quantitative estimate of drug-likeness (QED) is 0.874. The number of carboxylic acids is 1. The molecule has 1 N–H and O–H groups in total. The predicted molar refractivity (Wildman–Crippen MR) is 91.8 cm³/mol. The maximum atomic E-state index is 12.8. The third-order valence-electron chi connectivity index (χ3n) is 5.85. The lowest BCUT2D eigenvalue weighted by Crippen LogP contribution is -2.47. The van der Waals surface area contributed by atoms with Crippen LogP contribution in [0, 0.1) is 5.41 Å². The second-order valence-corrected chi connectivity index (χ2v) is 7.39. The molecule has 4 rings (SSSR count). The van der Waals surface area contributed by atoms with Crippen LogP contribution in [0.3, 0.4) is 0 Å². The Morgan fingerprint density at radius 1 is 1.27 bits per heavy atom. The molecule has 0 spiro atoms. The fraction of sp³-hybridized carbons (Fsp3) is 0.526. The number of para-hydroxylation sites is 1. The zero-order valence-electron chi connectivity index (χ0n) is 14.5. The van der Waals surface area contributed by atoms with Crippen molar-refractivity contribution >= 4 is 17.8 Å². The molecule has 2 atom stereocenters. The van der Waals surface area contributed by atoms with Gasteiger partial charge in [0, 0.05) is 37.5 Å². The number of hydrogen-bond acceptors (Lipinski definition) is 4. The molecule has 0 aliphatic carbocycles. The lowest BCUT2D eigenvalue weighted by Gasteiger charge is -2.35. The fourth-order valence-corrected chi connectivity index (χ4v) is 4.32. The fourth-order valence-electron chi connectivity index (χ4n) is 4.32. The van der Waals surface area contributed by atoms with Gasteiger partial charge in [-0.1, -0.05) is 18.2 Å². The molecule has 3 aliphatic rings. The van der Waals surface area contributed by atoms with Gasteiger partial charge >= 0.3 is 5.97 Å². The number of ether oxygens (including phenoxy) is 1. The Hall–Kier alpha value is -2.57. The number of benzene rings is 1. The number of rotatable bonds is 3. The summed E-state index contributed by atoms with van der Waals surface area (Å²) < 4.78 is 5.71. The van der Waals surface area contributed by atoms with Crippen molar-refractivity contribution < 1.29 is 24.2 Å². The molecule has 138 valence electrons. The van der Waals surface area contributed by atoms with Gasteiger partial charge in [0.05, 0.1) is 6.54 Å². The van der Waals surface area contributed by atoms with Crippen molar-refractivity contribution in [1.29, 1.82) is 0 Å². The van der Waals surface area contributed by atoms with Crippen LogP contribution in [0.25, 0.3) is 0 Å². The average molecular weight is 358 g/mol. The van der Waals surface area contributed by atoms with Gasteiger partial charge in [0.25, 0.3) is 0 Å². The molecule has 26 heavy (non-hydrogen) atoms. The molecule has 2 amide bonds. The number of likely N-dealkylation sites (tertiary alicyclic amines) is 2. The number of aliphatic carboxylic acids is 1.